The lowest BCUT2D eigenvalue weighted by molar-refractivity contribution is -0.143. The number of aromatic nitrogens is 2. The van der Waals surface area contributed by atoms with Crippen molar-refractivity contribution in [2.75, 3.05) is 20.4 Å². The van der Waals surface area contributed by atoms with E-state index in [1.165, 1.54) is 7.11 Å². The highest BCUT2D eigenvalue weighted by molar-refractivity contribution is 5.84. The van der Waals surface area contributed by atoms with Gasteiger partial charge in [-0.25, -0.2) is 14.6 Å². The molecule has 0 saturated carbocycles. The Morgan fingerprint density at radius 2 is 2.13 bits per heavy atom. The molecule has 2 atom stereocenters. The molecule has 0 radical (unpaired) electrons. The molecule has 1 aromatic heterocycles. The normalized spacial score (nSPS) is 18.1. The van der Waals surface area contributed by atoms with Crippen LogP contribution in [0.25, 0.3) is 0 Å². The number of nitrogens with zero attached hydrogens (tertiary/aromatic N) is 2. The zero-order chi connectivity index (χ0) is 21.3. The Morgan fingerprint density at radius 3 is 2.90 bits per heavy atom. The van der Waals surface area contributed by atoms with Gasteiger partial charge in [0.1, 0.15) is 12.1 Å². The summed E-state index contributed by atoms with van der Waals surface area (Å²) >= 11 is 0. The number of ether oxygens (including phenoxy) is 3. The van der Waals surface area contributed by atoms with Crippen molar-refractivity contribution in [2.24, 2.45) is 5.92 Å². The van der Waals surface area contributed by atoms with Crippen molar-refractivity contribution in [3.8, 4) is 11.5 Å². The fraction of sp³-hybridized carbons (Fsp3) is 0.476. The van der Waals surface area contributed by atoms with Gasteiger partial charge < -0.3 is 29.4 Å². The maximum atomic E-state index is 13.3. The second-order valence-corrected chi connectivity index (χ2v) is 7.88. The molecule has 1 aromatic carbocycles. The van der Waals surface area contributed by atoms with Crippen LogP contribution in [0.1, 0.15) is 43.3 Å². The van der Waals surface area contributed by atoms with Crippen molar-refractivity contribution >= 4 is 12.0 Å². The highest BCUT2D eigenvalue weighted by Gasteiger charge is 2.36. The first-order chi connectivity index (χ1) is 14.5. The Hall–Kier alpha value is -3.23. The number of carbonyl (C=O) groups is 2. The van der Waals surface area contributed by atoms with Crippen LogP contribution in [0.5, 0.6) is 11.5 Å². The van der Waals surface area contributed by atoms with E-state index in [4.69, 9.17) is 14.2 Å². The van der Waals surface area contributed by atoms with Gasteiger partial charge in [0.25, 0.3) is 0 Å². The van der Waals surface area contributed by atoms with E-state index in [0.717, 1.165) is 17.0 Å². The zero-order valence-electron chi connectivity index (χ0n) is 17.3. The summed E-state index contributed by atoms with van der Waals surface area (Å²) in [5, 5.41) is 2.86. The van der Waals surface area contributed by atoms with Gasteiger partial charge in [0.15, 0.2) is 11.5 Å². The van der Waals surface area contributed by atoms with Crippen LogP contribution >= 0.6 is 0 Å². The highest BCUT2D eigenvalue weighted by Crippen LogP contribution is 2.39. The molecule has 4 rings (SSSR count). The van der Waals surface area contributed by atoms with Gasteiger partial charge >= 0.3 is 12.0 Å². The lowest BCUT2D eigenvalue weighted by Crippen LogP contribution is -2.51. The minimum Gasteiger partial charge on any atom is -0.467 e. The second kappa shape index (κ2) is 8.25. The third-order valence-electron chi connectivity index (χ3n) is 5.39. The van der Waals surface area contributed by atoms with E-state index in [0.29, 0.717) is 30.9 Å². The number of urea groups is 1. The number of imidazole rings is 1. The average Bonchev–Trinajstić information content (AvgIpc) is 3.39. The SMILES string of the molecule is COC(=O)[C@@H](CC(C)C)NC(=O)N1CCc2[nH]cnc2[C@H]1c1ccc2c(c1)OCO2. The fourth-order valence-electron chi connectivity index (χ4n) is 3.98. The van der Waals surface area contributed by atoms with E-state index < -0.39 is 18.1 Å². The Kier molecular flexibility index (Phi) is 5.52. The summed E-state index contributed by atoms with van der Waals surface area (Å²) in [5.74, 6) is 1.09. The number of carbonyl (C=O) groups excluding carboxylic acids is 2. The molecular weight excluding hydrogens is 388 g/mol. The number of benzene rings is 1. The van der Waals surface area contributed by atoms with Crippen molar-refractivity contribution < 1.29 is 23.8 Å². The molecule has 3 heterocycles. The minimum atomic E-state index is -0.708. The molecule has 0 saturated heterocycles. The van der Waals surface area contributed by atoms with Gasteiger partial charge in [-0.2, -0.15) is 0 Å². The summed E-state index contributed by atoms with van der Waals surface area (Å²) in [6.45, 7) is 4.65. The number of fused-ring (bicyclic) bond motifs is 2. The van der Waals surface area contributed by atoms with Crippen molar-refractivity contribution in [1.29, 1.82) is 0 Å². The minimum absolute atomic E-state index is 0.178. The predicted octanol–water partition coefficient (Wildman–Crippen LogP) is 2.38. The molecule has 9 nitrogen and oxygen atoms in total. The number of methoxy groups -OCH3 is 1. The molecule has 0 bridgehead atoms. The molecule has 0 aliphatic carbocycles. The molecule has 2 aliphatic heterocycles. The van der Waals surface area contributed by atoms with Gasteiger partial charge in [0.05, 0.1) is 19.1 Å². The Labute approximate surface area is 174 Å². The molecule has 160 valence electrons. The van der Waals surface area contributed by atoms with E-state index >= 15 is 0 Å². The van der Waals surface area contributed by atoms with Crippen LogP contribution in [0.15, 0.2) is 24.5 Å². The van der Waals surface area contributed by atoms with Gasteiger partial charge in [0, 0.05) is 18.7 Å². The average molecular weight is 414 g/mol. The van der Waals surface area contributed by atoms with Crippen LogP contribution in [-0.4, -0.2) is 53.4 Å². The lowest BCUT2D eigenvalue weighted by atomic mass is 9.95. The molecule has 0 fully saturated rings. The van der Waals surface area contributed by atoms with Crippen LogP contribution < -0.4 is 14.8 Å². The van der Waals surface area contributed by atoms with Crippen molar-refractivity contribution in [1.82, 2.24) is 20.2 Å². The molecule has 9 heteroatoms. The summed E-state index contributed by atoms with van der Waals surface area (Å²) in [4.78, 5) is 34.8. The summed E-state index contributed by atoms with van der Waals surface area (Å²) in [5.41, 5.74) is 2.64. The second-order valence-electron chi connectivity index (χ2n) is 7.88. The first-order valence-electron chi connectivity index (χ1n) is 10.0. The van der Waals surface area contributed by atoms with E-state index in [9.17, 15) is 9.59 Å². The van der Waals surface area contributed by atoms with E-state index in [1.54, 1.807) is 11.2 Å². The van der Waals surface area contributed by atoms with Crippen molar-refractivity contribution in [2.45, 2.75) is 38.8 Å². The van der Waals surface area contributed by atoms with E-state index in [2.05, 4.69) is 15.3 Å². The number of nitrogens with one attached hydrogen (secondary N) is 2. The van der Waals surface area contributed by atoms with Gasteiger partial charge in [-0.15, -0.1) is 0 Å². The summed E-state index contributed by atoms with van der Waals surface area (Å²) < 4.78 is 15.8. The standard InChI is InChI=1S/C21H26N4O5/c1-12(2)8-15(20(26)28-3)24-21(27)25-7-6-14-18(23-10-22-14)19(25)13-4-5-16-17(9-13)30-11-29-16/h4-5,9-10,12,15,19H,6-8,11H2,1-3H3,(H,22,23)(H,24,27)/t15-,19-/m1/s1. The summed E-state index contributed by atoms with van der Waals surface area (Å²) in [6, 6.07) is 4.18. The maximum Gasteiger partial charge on any atom is 0.328 e. The molecule has 2 N–H and O–H groups in total. The quantitative estimate of drug-likeness (QED) is 0.728. The molecular formula is C21H26N4O5. The van der Waals surface area contributed by atoms with Crippen LogP contribution in [-0.2, 0) is 16.0 Å². The van der Waals surface area contributed by atoms with Crippen LogP contribution in [0.3, 0.4) is 0 Å². The summed E-state index contributed by atoms with van der Waals surface area (Å²) in [7, 11) is 1.33. The predicted molar refractivity (Wildman–Crippen MR) is 107 cm³/mol. The molecule has 2 amide bonds. The monoisotopic (exact) mass is 414 g/mol. The smallest absolute Gasteiger partial charge is 0.328 e. The van der Waals surface area contributed by atoms with E-state index in [-0.39, 0.29) is 18.7 Å². The molecule has 30 heavy (non-hydrogen) atoms. The number of hydrogen-bond donors (Lipinski definition) is 2. The number of aromatic amines is 1. The third-order valence-corrected chi connectivity index (χ3v) is 5.39. The molecule has 0 spiro atoms. The van der Waals surface area contributed by atoms with Crippen molar-refractivity contribution in [3.05, 3.63) is 41.5 Å². The van der Waals surface area contributed by atoms with Crippen LogP contribution in [0, 0.1) is 5.92 Å². The van der Waals surface area contributed by atoms with Gasteiger partial charge in [0.2, 0.25) is 6.79 Å². The number of hydrogen-bond acceptors (Lipinski definition) is 6. The zero-order valence-corrected chi connectivity index (χ0v) is 17.3. The Bertz CT molecular complexity index is 941. The number of H-pyrrole nitrogens is 1. The number of rotatable bonds is 5. The fourth-order valence-corrected chi connectivity index (χ4v) is 3.98. The number of esters is 1. The van der Waals surface area contributed by atoms with Gasteiger partial charge in [-0.1, -0.05) is 19.9 Å². The van der Waals surface area contributed by atoms with Crippen LogP contribution in [0.4, 0.5) is 4.79 Å². The van der Waals surface area contributed by atoms with Gasteiger partial charge in [-0.05, 0) is 30.0 Å². The molecule has 0 unspecified atom stereocenters. The summed E-state index contributed by atoms with van der Waals surface area (Å²) in [6.07, 6.45) is 2.79. The van der Waals surface area contributed by atoms with Gasteiger partial charge in [-0.3, -0.25) is 0 Å². The largest absolute Gasteiger partial charge is 0.467 e. The lowest BCUT2D eigenvalue weighted by Gasteiger charge is -2.36. The Balaban J connectivity index is 1.64. The molecule has 2 aliphatic rings. The maximum absolute atomic E-state index is 13.3. The highest BCUT2D eigenvalue weighted by atomic mass is 16.7. The van der Waals surface area contributed by atoms with E-state index in [1.807, 2.05) is 32.0 Å². The Morgan fingerprint density at radius 1 is 1.33 bits per heavy atom. The van der Waals surface area contributed by atoms with Crippen LogP contribution in [0.2, 0.25) is 0 Å². The third kappa shape index (κ3) is 3.79. The topological polar surface area (TPSA) is 106 Å². The number of amides is 2. The first kappa shape index (κ1) is 20.1. The first-order valence-corrected chi connectivity index (χ1v) is 10.0. The molecule has 2 aromatic rings. The van der Waals surface area contributed by atoms with Crippen molar-refractivity contribution in [3.63, 3.8) is 0 Å².